The fraction of sp³-hybridized carbons (Fsp3) is 0. The van der Waals surface area contributed by atoms with E-state index < -0.39 is 0 Å². The van der Waals surface area contributed by atoms with Gasteiger partial charge in [-0.05, 0) is 65.0 Å². The van der Waals surface area contributed by atoms with E-state index in [1.54, 1.807) is 0 Å². The molecule has 1 aliphatic heterocycles. The van der Waals surface area contributed by atoms with Crippen molar-refractivity contribution >= 4 is 87.2 Å². The third kappa shape index (κ3) is 4.13. The second-order valence-electron chi connectivity index (χ2n) is 15.7. The number of nitrogens with zero attached hydrogens (tertiary/aromatic N) is 4. The highest BCUT2D eigenvalue weighted by molar-refractivity contribution is 6.22. The molecule has 14 rings (SSSR count). The minimum Gasteiger partial charge on any atom is -0.456 e. The van der Waals surface area contributed by atoms with Crippen LogP contribution in [0.2, 0.25) is 0 Å². The average Bonchev–Trinajstić information content (AvgIpc) is 3.92. The zero-order chi connectivity index (χ0) is 38.3. The van der Waals surface area contributed by atoms with Gasteiger partial charge in [0, 0.05) is 59.8 Å². The summed E-state index contributed by atoms with van der Waals surface area (Å²) in [5, 5.41) is 10.1. The number of benzene rings is 9. The van der Waals surface area contributed by atoms with Gasteiger partial charge in [0.05, 0.1) is 39.0 Å². The van der Waals surface area contributed by atoms with Crippen molar-refractivity contribution in [1.82, 2.24) is 19.1 Å². The quantitative estimate of drug-likeness (QED) is 0.165. The number of para-hydroxylation sites is 4. The Hall–Kier alpha value is -8.02. The summed E-state index contributed by atoms with van der Waals surface area (Å²) in [7, 11) is 0. The van der Waals surface area contributed by atoms with Crippen LogP contribution < -0.4 is 0 Å². The topological polar surface area (TPSA) is 48.8 Å². The Bertz CT molecular complexity index is 3980. The molecule has 5 heterocycles. The largest absolute Gasteiger partial charge is 0.456 e. The predicted molar refractivity (Wildman–Crippen MR) is 243 cm³/mol. The molecule has 272 valence electrons. The predicted octanol–water partition coefficient (Wildman–Crippen LogP) is 14.2. The van der Waals surface area contributed by atoms with E-state index in [0.717, 1.165) is 76.7 Å². The maximum Gasteiger partial charge on any atom is 0.235 e. The number of aromatic nitrogens is 4. The zero-order valence-corrected chi connectivity index (χ0v) is 31.5. The molecule has 5 nitrogen and oxygen atoms in total. The fourth-order valence-corrected chi connectivity index (χ4v) is 10.1. The number of hydrogen-bond donors (Lipinski definition) is 0. The number of fused-ring (bicyclic) bond motifs is 17. The first-order valence-corrected chi connectivity index (χ1v) is 20.1. The van der Waals surface area contributed by atoms with E-state index in [2.05, 4.69) is 179 Å². The Kier molecular flexibility index (Phi) is 5.96. The molecule has 0 aliphatic carbocycles. The number of rotatable bonds is 2. The van der Waals surface area contributed by atoms with E-state index in [1.807, 2.05) is 12.1 Å². The molecule has 0 radical (unpaired) electrons. The van der Waals surface area contributed by atoms with Gasteiger partial charge in [0.1, 0.15) is 11.2 Å². The van der Waals surface area contributed by atoms with Crippen molar-refractivity contribution in [2.45, 2.75) is 0 Å². The van der Waals surface area contributed by atoms with Crippen molar-refractivity contribution in [3.63, 3.8) is 0 Å². The van der Waals surface area contributed by atoms with E-state index in [1.165, 1.54) is 49.7 Å². The Morgan fingerprint density at radius 3 is 1.92 bits per heavy atom. The van der Waals surface area contributed by atoms with E-state index in [0.29, 0.717) is 5.95 Å². The molecule has 0 unspecified atom stereocenters. The maximum atomic E-state index is 6.41. The van der Waals surface area contributed by atoms with Crippen LogP contribution in [-0.2, 0) is 0 Å². The SMILES string of the molecule is c1ccc2c(c1)-c1ccccc1-n1c3cc4c5ccccc5n(-c5nc(-c6ccc7c(c6)oc6ccccc67)c6ccc7ccccc7c6n5)c4cc3c3cccc-2c31. The fourth-order valence-electron chi connectivity index (χ4n) is 10.1. The average molecular weight is 751 g/mol. The summed E-state index contributed by atoms with van der Waals surface area (Å²) in [5.41, 5.74) is 15.1. The molecule has 1 aliphatic rings. The summed E-state index contributed by atoms with van der Waals surface area (Å²) < 4.78 is 11.2. The number of hydrogen-bond acceptors (Lipinski definition) is 3. The van der Waals surface area contributed by atoms with Gasteiger partial charge in [-0.25, -0.2) is 9.97 Å². The van der Waals surface area contributed by atoms with Crippen LogP contribution >= 0.6 is 0 Å². The lowest BCUT2D eigenvalue weighted by Gasteiger charge is -2.14. The lowest BCUT2D eigenvalue weighted by Crippen LogP contribution is -2.04. The molecule has 0 spiro atoms. The molecule has 5 heteroatoms. The van der Waals surface area contributed by atoms with Crippen molar-refractivity contribution in [3.8, 4) is 45.1 Å². The minimum atomic E-state index is 0.629. The Labute approximate surface area is 336 Å². The standard InChI is InChI=1S/C54H30N4O/c1-2-13-33-31(12-1)24-27-42-51(32-25-26-39-38-18-7-10-23-49(38)59-50(39)28-32)55-54(56-52(33)42)58-46-22-9-6-17-37(46)43-29-47-44(30-48(43)58)41-20-11-19-40-35-15-4-3-14-34(35)36-16-5-8-21-45(36)57(47)53(40)41/h1-30H. The van der Waals surface area contributed by atoms with Gasteiger partial charge in [0.15, 0.2) is 0 Å². The van der Waals surface area contributed by atoms with Crippen molar-refractivity contribution in [2.75, 3.05) is 0 Å². The highest BCUT2D eigenvalue weighted by atomic mass is 16.3. The summed E-state index contributed by atoms with van der Waals surface area (Å²) in [6.07, 6.45) is 0. The van der Waals surface area contributed by atoms with Crippen LogP contribution in [0, 0.1) is 0 Å². The molecular weight excluding hydrogens is 721 g/mol. The monoisotopic (exact) mass is 750 g/mol. The summed E-state index contributed by atoms with van der Waals surface area (Å²) in [6.45, 7) is 0. The van der Waals surface area contributed by atoms with Gasteiger partial charge >= 0.3 is 0 Å². The van der Waals surface area contributed by atoms with Gasteiger partial charge in [-0.1, -0.05) is 133 Å². The maximum absolute atomic E-state index is 6.41. The molecule has 0 fully saturated rings. The lowest BCUT2D eigenvalue weighted by atomic mass is 9.94. The lowest BCUT2D eigenvalue weighted by molar-refractivity contribution is 0.669. The van der Waals surface area contributed by atoms with Crippen LogP contribution in [0.4, 0.5) is 0 Å². The molecule has 59 heavy (non-hydrogen) atoms. The van der Waals surface area contributed by atoms with Gasteiger partial charge < -0.3 is 8.98 Å². The first kappa shape index (κ1) is 31.1. The zero-order valence-electron chi connectivity index (χ0n) is 31.5. The third-order valence-electron chi connectivity index (χ3n) is 12.7. The van der Waals surface area contributed by atoms with Crippen molar-refractivity contribution in [3.05, 3.63) is 182 Å². The van der Waals surface area contributed by atoms with E-state index in [4.69, 9.17) is 14.4 Å². The smallest absolute Gasteiger partial charge is 0.235 e. The third-order valence-corrected chi connectivity index (χ3v) is 12.7. The molecular formula is C54H30N4O. The molecule has 9 aromatic carbocycles. The Morgan fingerprint density at radius 1 is 0.373 bits per heavy atom. The number of furan rings is 1. The van der Waals surface area contributed by atoms with Crippen molar-refractivity contribution in [2.24, 2.45) is 0 Å². The van der Waals surface area contributed by atoms with Crippen LogP contribution in [0.15, 0.2) is 186 Å². The van der Waals surface area contributed by atoms with E-state index in [9.17, 15) is 0 Å². The summed E-state index contributed by atoms with van der Waals surface area (Å²) >= 11 is 0. The second kappa shape index (κ2) is 11.3. The van der Waals surface area contributed by atoms with Crippen LogP contribution in [0.1, 0.15) is 0 Å². The van der Waals surface area contributed by atoms with Gasteiger partial charge in [0.2, 0.25) is 5.95 Å². The first-order valence-electron chi connectivity index (χ1n) is 20.1. The van der Waals surface area contributed by atoms with Crippen LogP contribution in [-0.4, -0.2) is 19.1 Å². The van der Waals surface area contributed by atoms with Gasteiger partial charge in [0.25, 0.3) is 0 Å². The van der Waals surface area contributed by atoms with Crippen LogP contribution in [0.3, 0.4) is 0 Å². The molecule has 0 atom stereocenters. The second-order valence-corrected chi connectivity index (χ2v) is 15.7. The molecule has 0 saturated carbocycles. The highest BCUT2D eigenvalue weighted by Crippen LogP contribution is 2.48. The molecule has 0 amide bonds. The molecule has 0 N–H and O–H groups in total. The molecule has 13 aromatic rings. The molecule has 0 bridgehead atoms. The van der Waals surface area contributed by atoms with Crippen molar-refractivity contribution in [1.29, 1.82) is 0 Å². The minimum absolute atomic E-state index is 0.629. The van der Waals surface area contributed by atoms with Crippen molar-refractivity contribution < 1.29 is 4.42 Å². The molecule has 0 saturated heterocycles. The Morgan fingerprint density at radius 2 is 1.02 bits per heavy atom. The van der Waals surface area contributed by atoms with Crippen LogP contribution in [0.25, 0.3) is 132 Å². The Balaban J connectivity index is 1.11. The van der Waals surface area contributed by atoms with Gasteiger partial charge in [-0.15, -0.1) is 0 Å². The summed E-state index contributed by atoms with van der Waals surface area (Å²) in [4.78, 5) is 11.0. The summed E-state index contributed by atoms with van der Waals surface area (Å²) in [6, 6.07) is 65.4. The summed E-state index contributed by atoms with van der Waals surface area (Å²) in [5.74, 6) is 0.629. The van der Waals surface area contributed by atoms with E-state index >= 15 is 0 Å². The van der Waals surface area contributed by atoms with E-state index in [-0.39, 0.29) is 0 Å². The van der Waals surface area contributed by atoms with Gasteiger partial charge in [-0.2, -0.15) is 0 Å². The van der Waals surface area contributed by atoms with Crippen LogP contribution in [0.5, 0.6) is 0 Å². The highest BCUT2D eigenvalue weighted by Gasteiger charge is 2.26. The van der Waals surface area contributed by atoms with Gasteiger partial charge in [-0.3, -0.25) is 4.57 Å². The normalized spacial score (nSPS) is 12.4. The first-order chi connectivity index (χ1) is 29.3. The molecule has 4 aromatic heterocycles.